The molecule has 2 aromatic rings. The number of rotatable bonds is 1. The van der Waals surface area contributed by atoms with Gasteiger partial charge in [-0.05, 0) is 36.8 Å². The molecule has 1 N–H and O–H groups in total. The van der Waals surface area contributed by atoms with Crippen LogP contribution in [-0.2, 0) is 0 Å². The van der Waals surface area contributed by atoms with Crippen LogP contribution in [0.25, 0.3) is 0 Å². The van der Waals surface area contributed by atoms with Crippen LogP contribution in [0.3, 0.4) is 0 Å². The average molecular weight is 275 g/mol. The SMILES string of the molecule is Cc1ccc2c(c1)C(O)CC(c1ccc(Cl)cc1)O2. The van der Waals surface area contributed by atoms with Gasteiger partial charge in [0.15, 0.2) is 0 Å². The molecule has 0 aromatic heterocycles. The summed E-state index contributed by atoms with van der Waals surface area (Å²) in [6, 6.07) is 13.5. The van der Waals surface area contributed by atoms with Gasteiger partial charge < -0.3 is 9.84 Å². The Morgan fingerprint density at radius 3 is 2.63 bits per heavy atom. The summed E-state index contributed by atoms with van der Waals surface area (Å²) >= 11 is 5.89. The number of aliphatic hydroxyl groups excluding tert-OH is 1. The maximum atomic E-state index is 10.3. The van der Waals surface area contributed by atoms with E-state index in [1.165, 1.54) is 0 Å². The van der Waals surface area contributed by atoms with Crippen LogP contribution in [0, 0.1) is 6.92 Å². The molecule has 1 heterocycles. The van der Waals surface area contributed by atoms with E-state index in [-0.39, 0.29) is 6.10 Å². The predicted octanol–water partition coefficient (Wildman–Crippen LogP) is 4.21. The molecule has 0 fully saturated rings. The van der Waals surface area contributed by atoms with Crippen LogP contribution in [0.15, 0.2) is 42.5 Å². The third kappa shape index (κ3) is 2.46. The summed E-state index contributed by atoms with van der Waals surface area (Å²) in [4.78, 5) is 0. The second kappa shape index (κ2) is 4.87. The number of benzene rings is 2. The van der Waals surface area contributed by atoms with Gasteiger partial charge >= 0.3 is 0 Å². The number of aliphatic hydroxyl groups is 1. The van der Waals surface area contributed by atoms with E-state index in [2.05, 4.69) is 0 Å². The van der Waals surface area contributed by atoms with E-state index >= 15 is 0 Å². The first-order valence-corrected chi connectivity index (χ1v) is 6.72. The molecule has 2 unspecified atom stereocenters. The molecule has 1 aliphatic heterocycles. The molecular weight excluding hydrogens is 260 g/mol. The molecule has 98 valence electrons. The van der Waals surface area contributed by atoms with E-state index in [9.17, 15) is 5.11 Å². The van der Waals surface area contributed by atoms with Crippen molar-refractivity contribution >= 4 is 11.6 Å². The Bertz CT molecular complexity index is 592. The first-order chi connectivity index (χ1) is 9.13. The highest BCUT2D eigenvalue weighted by atomic mass is 35.5. The molecule has 19 heavy (non-hydrogen) atoms. The van der Waals surface area contributed by atoms with Crippen molar-refractivity contribution in [1.29, 1.82) is 0 Å². The van der Waals surface area contributed by atoms with Crippen LogP contribution in [0.1, 0.15) is 35.3 Å². The summed E-state index contributed by atoms with van der Waals surface area (Å²) < 4.78 is 5.98. The molecule has 0 aliphatic carbocycles. The van der Waals surface area contributed by atoms with Crippen molar-refractivity contribution in [2.24, 2.45) is 0 Å². The summed E-state index contributed by atoms with van der Waals surface area (Å²) in [5.41, 5.74) is 3.05. The van der Waals surface area contributed by atoms with Gasteiger partial charge in [0, 0.05) is 17.0 Å². The lowest BCUT2D eigenvalue weighted by molar-refractivity contribution is 0.0657. The van der Waals surface area contributed by atoms with Gasteiger partial charge in [-0.1, -0.05) is 35.4 Å². The lowest BCUT2D eigenvalue weighted by Crippen LogP contribution is -2.19. The average Bonchev–Trinajstić information content (AvgIpc) is 2.40. The molecule has 0 bridgehead atoms. The highest BCUT2D eigenvalue weighted by molar-refractivity contribution is 6.30. The summed E-state index contributed by atoms with van der Waals surface area (Å²) in [7, 11) is 0. The quantitative estimate of drug-likeness (QED) is 0.844. The third-order valence-electron chi connectivity index (χ3n) is 3.47. The van der Waals surface area contributed by atoms with Gasteiger partial charge in [-0.3, -0.25) is 0 Å². The van der Waals surface area contributed by atoms with Crippen LogP contribution >= 0.6 is 11.6 Å². The Labute approximate surface area is 117 Å². The van der Waals surface area contributed by atoms with Crippen LogP contribution in [-0.4, -0.2) is 5.11 Å². The normalized spacial score (nSPS) is 21.6. The van der Waals surface area contributed by atoms with Crippen molar-refractivity contribution in [2.45, 2.75) is 25.6 Å². The Hall–Kier alpha value is -1.51. The highest BCUT2D eigenvalue weighted by Gasteiger charge is 2.27. The van der Waals surface area contributed by atoms with Crippen molar-refractivity contribution in [1.82, 2.24) is 0 Å². The number of hydrogen-bond donors (Lipinski definition) is 1. The number of ether oxygens (including phenoxy) is 1. The molecule has 0 amide bonds. The minimum Gasteiger partial charge on any atom is -0.485 e. The van der Waals surface area contributed by atoms with Gasteiger partial charge in [0.1, 0.15) is 11.9 Å². The van der Waals surface area contributed by atoms with E-state index in [1.54, 1.807) is 0 Å². The molecule has 0 radical (unpaired) electrons. The van der Waals surface area contributed by atoms with Gasteiger partial charge in [-0.2, -0.15) is 0 Å². The molecular formula is C16H15ClO2. The zero-order valence-corrected chi connectivity index (χ0v) is 11.4. The third-order valence-corrected chi connectivity index (χ3v) is 3.72. The molecule has 1 aliphatic rings. The standard InChI is InChI=1S/C16H15ClO2/c1-10-2-7-15-13(8-10)14(18)9-16(19-15)11-3-5-12(17)6-4-11/h2-8,14,16,18H,9H2,1H3. The minimum absolute atomic E-state index is 0.123. The van der Waals surface area contributed by atoms with Gasteiger partial charge in [-0.15, -0.1) is 0 Å². The smallest absolute Gasteiger partial charge is 0.127 e. The molecule has 3 rings (SSSR count). The maximum Gasteiger partial charge on any atom is 0.127 e. The topological polar surface area (TPSA) is 29.5 Å². The monoisotopic (exact) mass is 274 g/mol. The first kappa shape index (κ1) is 12.5. The highest BCUT2D eigenvalue weighted by Crippen LogP contribution is 2.41. The van der Waals surface area contributed by atoms with Gasteiger partial charge in [-0.25, -0.2) is 0 Å². The minimum atomic E-state index is -0.482. The fourth-order valence-electron chi connectivity index (χ4n) is 2.45. The fraction of sp³-hybridized carbons (Fsp3) is 0.250. The lowest BCUT2D eigenvalue weighted by atomic mass is 9.94. The zero-order chi connectivity index (χ0) is 13.4. The number of hydrogen-bond acceptors (Lipinski definition) is 2. The van der Waals surface area contributed by atoms with E-state index in [4.69, 9.17) is 16.3 Å². The molecule has 2 aromatic carbocycles. The number of halogens is 1. The van der Waals surface area contributed by atoms with E-state index in [0.29, 0.717) is 11.4 Å². The molecule has 3 heteroatoms. The van der Waals surface area contributed by atoms with Crippen molar-refractivity contribution in [3.8, 4) is 5.75 Å². The summed E-state index contributed by atoms with van der Waals surface area (Å²) in [5.74, 6) is 0.768. The Balaban J connectivity index is 1.92. The summed E-state index contributed by atoms with van der Waals surface area (Å²) in [5, 5.41) is 11.0. The van der Waals surface area contributed by atoms with Gasteiger partial charge in [0.2, 0.25) is 0 Å². The second-order valence-electron chi connectivity index (χ2n) is 4.95. The van der Waals surface area contributed by atoms with Crippen LogP contribution in [0.2, 0.25) is 5.02 Å². The number of fused-ring (bicyclic) bond motifs is 1. The predicted molar refractivity (Wildman–Crippen MR) is 75.6 cm³/mol. The van der Waals surface area contributed by atoms with Crippen molar-refractivity contribution < 1.29 is 9.84 Å². The maximum absolute atomic E-state index is 10.3. The van der Waals surface area contributed by atoms with Crippen LogP contribution in [0.4, 0.5) is 0 Å². The molecule has 2 atom stereocenters. The van der Waals surface area contributed by atoms with Crippen LogP contribution in [0.5, 0.6) is 5.75 Å². The molecule has 0 spiro atoms. The van der Waals surface area contributed by atoms with E-state index < -0.39 is 6.10 Å². The first-order valence-electron chi connectivity index (χ1n) is 6.34. The molecule has 0 saturated heterocycles. The van der Waals surface area contributed by atoms with Gasteiger partial charge in [0.25, 0.3) is 0 Å². The molecule has 2 nitrogen and oxygen atoms in total. The van der Waals surface area contributed by atoms with Crippen LogP contribution < -0.4 is 4.74 Å². The lowest BCUT2D eigenvalue weighted by Gasteiger charge is -2.30. The Kier molecular flexibility index (Phi) is 3.21. The second-order valence-corrected chi connectivity index (χ2v) is 5.39. The van der Waals surface area contributed by atoms with Gasteiger partial charge in [0.05, 0.1) is 6.10 Å². The van der Waals surface area contributed by atoms with Crippen molar-refractivity contribution in [3.63, 3.8) is 0 Å². The number of aryl methyl sites for hydroxylation is 1. The van der Waals surface area contributed by atoms with Crippen molar-refractivity contribution in [2.75, 3.05) is 0 Å². The fourth-order valence-corrected chi connectivity index (χ4v) is 2.57. The van der Waals surface area contributed by atoms with Crippen molar-refractivity contribution in [3.05, 3.63) is 64.2 Å². The largest absolute Gasteiger partial charge is 0.485 e. The Morgan fingerprint density at radius 2 is 1.89 bits per heavy atom. The Morgan fingerprint density at radius 1 is 1.16 bits per heavy atom. The van der Waals surface area contributed by atoms with E-state index in [0.717, 1.165) is 22.4 Å². The summed E-state index contributed by atoms with van der Waals surface area (Å²) in [6.45, 7) is 2.01. The molecule has 0 saturated carbocycles. The zero-order valence-electron chi connectivity index (χ0n) is 10.6. The van der Waals surface area contributed by atoms with E-state index in [1.807, 2.05) is 49.4 Å². The summed E-state index contributed by atoms with van der Waals surface area (Å²) in [6.07, 6.45) is -0.0373.